The van der Waals surface area contributed by atoms with Gasteiger partial charge in [0.05, 0.1) is 12.6 Å². The summed E-state index contributed by atoms with van der Waals surface area (Å²) in [6.45, 7) is 8.27. The molecule has 0 aromatic heterocycles. The highest BCUT2D eigenvalue weighted by molar-refractivity contribution is 6.37. The fraction of sp³-hybridized carbons (Fsp3) is 0.381. The third-order valence-corrected chi connectivity index (χ3v) is 4.23. The third-order valence-electron chi connectivity index (χ3n) is 4.23. The van der Waals surface area contributed by atoms with E-state index in [1.165, 1.54) is 11.1 Å². The van der Waals surface area contributed by atoms with Crippen LogP contribution >= 0.6 is 0 Å². The Morgan fingerprint density at radius 1 is 1.00 bits per heavy atom. The van der Waals surface area contributed by atoms with Crippen molar-refractivity contribution >= 4 is 13.8 Å². The van der Waals surface area contributed by atoms with Crippen LogP contribution in [0.4, 0.5) is 0 Å². The molecule has 0 amide bonds. The Hall–Kier alpha value is -2.07. The molecule has 0 N–H and O–H groups in total. The van der Waals surface area contributed by atoms with Gasteiger partial charge < -0.3 is 9.47 Å². The van der Waals surface area contributed by atoms with Crippen LogP contribution in [0.5, 0.6) is 0 Å². The summed E-state index contributed by atoms with van der Waals surface area (Å²) in [5.41, 5.74) is 3.76. The van der Waals surface area contributed by atoms with E-state index in [0.29, 0.717) is 33.3 Å². The van der Waals surface area contributed by atoms with E-state index in [0.717, 1.165) is 5.56 Å². The Balaban J connectivity index is 1.82. The summed E-state index contributed by atoms with van der Waals surface area (Å²) in [7, 11) is 0.687. The fourth-order valence-corrected chi connectivity index (χ4v) is 2.68. The van der Waals surface area contributed by atoms with Crippen LogP contribution in [0.15, 0.2) is 54.6 Å². The van der Waals surface area contributed by atoms with Crippen LogP contribution in [0.25, 0.3) is 0 Å². The van der Waals surface area contributed by atoms with Crippen molar-refractivity contribution in [3.05, 3.63) is 71.3 Å². The molecule has 1 atom stereocenters. The molecule has 2 aromatic rings. The molecule has 132 valence electrons. The smallest absolute Gasteiger partial charge is 0.292 e. The second-order valence-electron chi connectivity index (χ2n) is 7.33. The highest BCUT2D eigenvalue weighted by atomic mass is 16.5. The molecule has 0 aliphatic carbocycles. The van der Waals surface area contributed by atoms with E-state index in [4.69, 9.17) is 9.47 Å². The van der Waals surface area contributed by atoms with Gasteiger partial charge in [0.15, 0.2) is 0 Å². The number of hydrogen-bond acceptors (Lipinski definition) is 3. The molecule has 3 nitrogen and oxygen atoms in total. The first kappa shape index (κ1) is 19.3. The fourth-order valence-electron chi connectivity index (χ4n) is 2.68. The summed E-state index contributed by atoms with van der Waals surface area (Å²) in [6, 6.07) is 18.4. The molecule has 4 heteroatoms. The van der Waals surface area contributed by atoms with Gasteiger partial charge >= 0.3 is 0 Å². The predicted molar refractivity (Wildman–Crippen MR) is 103 cm³/mol. The van der Waals surface area contributed by atoms with Gasteiger partial charge in [-0.3, -0.25) is 4.79 Å². The van der Waals surface area contributed by atoms with Crippen molar-refractivity contribution in [2.75, 3.05) is 6.51 Å². The Morgan fingerprint density at radius 3 is 2.28 bits per heavy atom. The Morgan fingerprint density at radius 2 is 1.68 bits per heavy atom. The minimum absolute atomic E-state index is 0.141. The standard InChI is InChI=1S/C21H27BO3/c1-21(2,3)19-11-9-17(10-12-19)13-20(25-16-23)22-15-24-14-18-7-5-4-6-8-18/h4-12,16,20,22H,13-15H2,1-3H3. The molecule has 2 rings (SSSR count). The molecule has 0 heterocycles. The van der Waals surface area contributed by atoms with E-state index in [2.05, 4.69) is 45.0 Å². The first-order valence-electron chi connectivity index (χ1n) is 8.79. The molecule has 0 aliphatic heterocycles. The Labute approximate surface area is 151 Å². The molecule has 0 bridgehead atoms. The van der Waals surface area contributed by atoms with Crippen molar-refractivity contribution in [3.63, 3.8) is 0 Å². The summed E-state index contributed by atoms with van der Waals surface area (Å²) in [5, 5.41) is 0. The summed E-state index contributed by atoms with van der Waals surface area (Å²) >= 11 is 0. The number of rotatable bonds is 9. The van der Waals surface area contributed by atoms with Crippen LogP contribution < -0.4 is 0 Å². The van der Waals surface area contributed by atoms with Crippen molar-refractivity contribution in [2.45, 2.75) is 45.2 Å². The SMILES string of the molecule is CC(C)(C)c1ccc(CC(BCOCc2ccccc2)OC=O)cc1. The maximum atomic E-state index is 10.8. The topological polar surface area (TPSA) is 35.5 Å². The summed E-state index contributed by atoms with van der Waals surface area (Å²) in [6.07, 6.45) is 0.706. The van der Waals surface area contributed by atoms with Gasteiger partial charge in [0.25, 0.3) is 6.47 Å². The Bertz CT molecular complexity index is 632. The average Bonchev–Trinajstić information content (AvgIpc) is 2.59. The minimum atomic E-state index is -0.159. The van der Waals surface area contributed by atoms with Gasteiger partial charge in [-0.05, 0) is 22.1 Å². The molecule has 2 aromatic carbocycles. The van der Waals surface area contributed by atoms with Crippen molar-refractivity contribution in [2.24, 2.45) is 0 Å². The van der Waals surface area contributed by atoms with Crippen LogP contribution in [0, 0.1) is 0 Å². The van der Waals surface area contributed by atoms with E-state index < -0.39 is 0 Å². The van der Waals surface area contributed by atoms with Crippen LogP contribution in [-0.4, -0.2) is 26.3 Å². The summed E-state index contributed by atoms with van der Waals surface area (Å²) < 4.78 is 10.9. The number of carbonyl (C=O) groups excluding carboxylic acids is 1. The second-order valence-corrected chi connectivity index (χ2v) is 7.33. The van der Waals surface area contributed by atoms with Crippen LogP contribution in [-0.2, 0) is 32.7 Å². The highest BCUT2D eigenvalue weighted by Crippen LogP contribution is 2.22. The van der Waals surface area contributed by atoms with E-state index in [-0.39, 0.29) is 11.4 Å². The predicted octanol–water partition coefficient (Wildman–Crippen LogP) is 3.64. The van der Waals surface area contributed by atoms with Crippen molar-refractivity contribution in [3.8, 4) is 0 Å². The third kappa shape index (κ3) is 6.75. The molecule has 0 spiro atoms. The minimum Gasteiger partial charge on any atom is -0.473 e. The number of hydrogen-bond donors (Lipinski definition) is 0. The monoisotopic (exact) mass is 338 g/mol. The van der Waals surface area contributed by atoms with Crippen LogP contribution in [0.1, 0.15) is 37.5 Å². The molecule has 25 heavy (non-hydrogen) atoms. The average molecular weight is 338 g/mol. The molecule has 0 radical (unpaired) electrons. The van der Waals surface area contributed by atoms with Crippen molar-refractivity contribution in [1.82, 2.24) is 0 Å². The largest absolute Gasteiger partial charge is 0.473 e. The molecule has 0 saturated carbocycles. The van der Waals surface area contributed by atoms with E-state index in [1.807, 2.05) is 30.3 Å². The molecule has 1 unspecified atom stereocenters. The lowest BCUT2D eigenvalue weighted by atomic mass is 9.70. The van der Waals surface area contributed by atoms with Gasteiger partial charge in [-0.2, -0.15) is 0 Å². The zero-order chi connectivity index (χ0) is 18.1. The van der Waals surface area contributed by atoms with Gasteiger partial charge in [0.2, 0.25) is 7.28 Å². The van der Waals surface area contributed by atoms with Crippen LogP contribution in [0.2, 0.25) is 0 Å². The van der Waals surface area contributed by atoms with E-state index in [9.17, 15) is 4.79 Å². The van der Waals surface area contributed by atoms with Gasteiger partial charge in [-0.25, -0.2) is 0 Å². The van der Waals surface area contributed by atoms with Gasteiger partial charge in [0.1, 0.15) is 0 Å². The van der Waals surface area contributed by atoms with Gasteiger partial charge in [-0.1, -0.05) is 75.4 Å². The highest BCUT2D eigenvalue weighted by Gasteiger charge is 2.15. The Kier molecular flexibility index (Phi) is 7.26. The molecule has 0 aliphatic rings. The van der Waals surface area contributed by atoms with Gasteiger partial charge in [-0.15, -0.1) is 0 Å². The maximum Gasteiger partial charge on any atom is 0.292 e. The van der Waals surface area contributed by atoms with Crippen molar-refractivity contribution < 1.29 is 14.3 Å². The molecule has 0 fully saturated rings. The zero-order valence-corrected chi connectivity index (χ0v) is 15.4. The first-order chi connectivity index (χ1) is 12.0. The molecular formula is C21H27BO3. The number of ether oxygens (including phenoxy) is 2. The van der Waals surface area contributed by atoms with Gasteiger partial charge in [0, 0.05) is 12.9 Å². The van der Waals surface area contributed by atoms with Crippen LogP contribution in [0.3, 0.4) is 0 Å². The lowest BCUT2D eigenvalue weighted by Crippen LogP contribution is -2.27. The first-order valence-corrected chi connectivity index (χ1v) is 8.79. The summed E-state index contributed by atoms with van der Waals surface area (Å²) in [4.78, 5) is 10.8. The van der Waals surface area contributed by atoms with E-state index in [1.54, 1.807) is 0 Å². The normalized spacial score (nSPS) is 12.4. The molecule has 0 saturated heterocycles. The number of benzene rings is 2. The zero-order valence-electron chi connectivity index (χ0n) is 15.4. The maximum absolute atomic E-state index is 10.8. The second kappa shape index (κ2) is 9.43. The lowest BCUT2D eigenvalue weighted by Gasteiger charge is -2.20. The quantitative estimate of drug-likeness (QED) is 0.398. The lowest BCUT2D eigenvalue weighted by molar-refractivity contribution is -0.130. The van der Waals surface area contributed by atoms with E-state index >= 15 is 0 Å². The van der Waals surface area contributed by atoms with Crippen molar-refractivity contribution in [1.29, 1.82) is 0 Å². The number of carbonyl (C=O) groups is 1. The molecular weight excluding hydrogens is 311 g/mol. The summed E-state index contributed by atoms with van der Waals surface area (Å²) in [5.74, 6) is 0.